The van der Waals surface area contributed by atoms with Gasteiger partial charge in [0.05, 0.1) is 22.8 Å². The Hall–Kier alpha value is -4.85. The van der Waals surface area contributed by atoms with Gasteiger partial charge in [-0.25, -0.2) is 13.3 Å². The molecule has 0 spiro atoms. The van der Waals surface area contributed by atoms with Gasteiger partial charge in [0.1, 0.15) is 17.3 Å². The van der Waals surface area contributed by atoms with Crippen molar-refractivity contribution in [3.63, 3.8) is 0 Å². The molecule has 2 aromatic heterocycles. The van der Waals surface area contributed by atoms with Gasteiger partial charge in [0.15, 0.2) is 0 Å². The molecular formula is C33H28F2N4O2. The monoisotopic (exact) mass is 550 g/mol. The highest BCUT2D eigenvalue weighted by molar-refractivity contribution is 6.07. The molecule has 2 heterocycles. The van der Waals surface area contributed by atoms with Crippen molar-refractivity contribution < 1.29 is 18.4 Å². The van der Waals surface area contributed by atoms with E-state index in [1.165, 1.54) is 42.0 Å². The van der Waals surface area contributed by atoms with E-state index in [2.05, 4.69) is 15.7 Å². The maximum atomic E-state index is 15.6. The second kappa shape index (κ2) is 10.3. The van der Waals surface area contributed by atoms with Gasteiger partial charge >= 0.3 is 0 Å². The molecule has 0 radical (unpaired) electrons. The van der Waals surface area contributed by atoms with Crippen molar-refractivity contribution in [2.45, 2.75) is 31.7 Å². The van der Waals surface area contributed by atoms with Crippen LogP contribution in [0.1, 0.15) is 51.1 Å². The number of halogens is 2. The number of benzene rings is 3. The van der Waals surface area contributed by atoms with Gasteiger partial charge in [-0.15, -0.1) is 0 Å². The summed E-state index contributed by atoms with van der Waals surface area (Å²) in [5.74, 6) is -1.62. The van der Waals surface area contributed by atoms with Gasteiger partial charge in [0, 0.05) is 23.7 Å². The lowest BCUT2D eigenvalue weighted by Gasteiger charge is -2.43. The maximum Gasteiger partial charge on any atom is 0.255 e. The fraction of sp³-hybridized carbons (Fsp3) is 0.182. The molecule has 1 saturated carbocycles. The lowest BCUT2D eigenvalue weighted by atomic mass is 9.71. The van der Waals surface area contributed by atoms with Crippen LogP contribution in [-0.2, 0) is 5.54 Å². The number of aryl methyl sites for hydroxylation is 1. The molecule has 5 aromatic rings. The first-order chi connectivity index (χ1) is 19.8. The molecule has 0 unspecified atom stereocenters. The number of pyridine rings is 1. The third-order valence-electron chi connectivity index (χ3n) is 7.97. The molecule has 41 heavy (non-hydrogen) atoms. The number of fused-ring (bicyclic) bond motifs is 1. The highest BCUT2D eigenvalue weighted by Crippen LogP contribution is 2.41. The van der Waals surface area contributed by atoms with Crippen molar-refractivity contribution in [1.29, 1.82) is 0 Å². The molecule has 1 aliphatic rings. The molecule has 6 rings (SSSR count). The summed E-state index contributed by atoms with van der Waals surface area (Å²) in [7, 11) is 1.50. The second-order valence-electron chi connectivity index (χ2n) is 10.5. The van der Waals surface area contributed by atoms with Crippen LogP contribution in [0.25, 0.3) is 27.9 Å². The number of nitrogens with one attached hydrogen (secondary N) is 2. The van der Waals surface area contributed by atoms with Crippen molar-refractivity contribution in [1.82, 2.24) is 20.2 Å². The highest BCUT2D eigenvalue weighted by atomic mass is 19.1. The first-order valence-electron chi connectivity index (χ1n) is 13.5. The van der Waals surface area contributed by atoms with Gasteiger partial charge in [-0.1, -0.05) is 36.4 Å². The van der Waals surface area contributed by atoms with Crippen molar-refractivity contribution in [2.24, 2.45) is 0 Å². The van der Waals surface area contributed by atoms with Crippen LogP contribution in [0.15, 0.2) is 85.1 Å². The van der Waals surface area contributed by atoms with Gasteiger partial charge in [0.25, 0.3) is 11.8 Å². The maximum absolute atomic E-state index is 15.6. The van der Waals surface area contributed by atoms with E-state index in [0.717, 1.165) is 30.4 Å². The predicted molar refractivity (Wildman–Crippen MR) is 154 cm³/mol. The van der Waals surface area contributed by atoms with Gasteiger partial charge in [-0.05, 0) is 85.3 Å². The van der Waals surface area contributed by atoms with E-state index in [1.54, 1.807) is 24.3 Å². The number of rotatable bonds is 6. The Morgan fingerprint density at radius 1 is 0.902 bits per heavy atom. The lowest BCUT2D eigenvalue weighted by Crippen LogP contribution is -2.50. The molecule has 1 aliphatic carbocycles. The van der Waals surface area contributed by atoms with Gasteiger partial charge < -0.3 is 10.6 Å². The van der Waals surface area contributed by atoms with Crippen molar-refractivity contribution >= 4 is 17.3 Å². The molecule has 2 amide bonds. The van der Waals surface area contributed by atoms with Crippen LogP contribution in [0.3, 0.4) is 0 Å². The summed E-state index contributed by atoms with van der Waals surface area (Å²) in [5.41, 5.74) is 4.06. The van der Waals surface area contributed by atoms with E-state index in [9.17, 15) is 14.0 Å². The van der Waals surface area contributed by atoms with Crippen LogP contribution in [0.5, 0.6) is 0 Å². The van der Waals surface area contributed by atoms with Crippen LogP contribution in [0, 0.1) is 18.6 Å². The van der Waals surface area contributed by atoms with Crippen LogP contribution in [0.4, 0.5) is 8.78 Å². The summed E-state index contributed by atoms with van der Waals surface area (Å²) in [4.78, 5) is 26.5. The SMILES string of the molecule is CNC(=O)c1c(-c2ccc(F)cc2)nn2cc(F)c(-c3cc(C(=O)NC4(c5ccccc5)CCC4)ccc3C)cc12. The topological polar surface area (TPSA) is 75.5 Å². The molecule has 0 bridgehead atoms. The summed E-state index contributed by atoms with van der Waals surface area (Å²) in [6, 6.07) is 22.4. The van der Waals surface area contributed by atoms with Crippen LogP contribution < -0.4 is 10.6 Å². The van der Waals surface area contributed by atoms with E-state index in [0.29, 0.717) is 27.9 Å². The summed E-state index contributed by atoms with van der Waals surface area (Å²) < 4.78 is 30.5. The Labute approximate surface area is 236 Å². The Kier molecular flexibility index (Phi) is 6.61. The number of hydrogen-bond donors (Lipinski definition) is 2. The second-order valence-corrected chi connectivity index (χ2v) is 10.5. The largest absolute Gasteiger partial charge is 0.355 e. The summed E-state index contributed by atoms with van der Waals surface area (Å²) in [6.07, 6.45) is 3.95. The summed E-state index contributed by atoms with van der Waals surface area (Å²) >= 11 is 0. The molecule has 0 aliphatic heterocycles. The molecule has 3 aromatic carbocycles. The average Bonchev–Trinajstić information content (AvgIpc) is 3.33. The highest BCUT2D eigenvalue weighted by Gasteiger charge is 2.40. The smallest absolute Gasteiger partial charge is 0.255 e. The fourth-order valence-electron chi connectivity index (χ4n) is 5.55. The summed E-state index contributed by atoms with van der Waals surface area (Å²) in [5, 5.41) is 10.3. The molecule has 2 N–H and O–H groups in total. The minimum Gasteiger partial charge on any atom is -0.355 e. The number of hydrogen-bond acceptors (Lipinski definition) is 3. The van der Waals surface area contributed by atoms with Crippen LogP contribution >= 0.6 is 0 Å². The Balaban J connectivity index is 1.42. The Morgan fingerprint density at radius 2 is 1.63 bits per heavy atom. The Morgan fingerprint density at radius 3 is 2.29 bits per heavy atom. The molecular weight excluding hydrogens is 522 g/mol. The van der Waals surface area contributed by atoms with Crippen LogP contribution in [-0.4, -0.2) is 28.5 Å². The number of aromatic nitrogens is 2. The molecule has 0 atom stereocenters. The number of carbonyl (C=O) groups is 2. The first-order valence-corrected chi connectivity index (χ1v) is 13.5. The normalized spacial score (nSPS) is 14.0. The van der Waals surface area contributed by atoms with Crippen LogP contribution in [0.2, 0.25) is 0 Å². The van der Waals surface area contributed by atoms with Crippen molar-refractivity contribution in [3.8, 4) is 22.4 Å². The third kappa shape index (κ3) is 4.65. The van der Waals surface area contributed by atoms with Gasteiger partial charge in [-0.3, -0.25) is 9.59 Å². The van der Waals surface area contributed by atoms with E-state index < -0.39 is 23.1 Å². The molecule has 0 saturated heterocycles. The van der Waals surface area contributed by atoms with E-state index >= 15 is 4.39 Å². The first kappa shape index (κ1) is 26.4. The number of amides is 2. The van der Waals surface area contributed by atoms with E-state index in [4.69, 9.17) is 0 Å². The van der Waals surface area contributed by atoms with Gasteiger partial charge in [-0.2, -0.15) is 5.10 Å². The average molecular weight is 551 g/mol. The number of nitrogens with zero attached hydrogens (tertiary/aromatic N) is 2. The zero-order valence-electron chi connectivity index (χ0n) is 22.7. The zero-order chi connectivity index (χ0) is 28.7. The standard InChI is InChI=1S/C33H28F2N4O2/c1-20-9-10-22(31(40)37-33(15-6-16-33)23-7-4-3-5-8-23)17-25(20)26-18-28-29(32(41)36-2)30(38-39(28)19-27(26)35)21-11-13-24(34)14-12-21/h3-5,7-14,17-19H,6,15-16H2,1-2H3,(H,36,41)(H,37,40). The quantitative estimate of drug-likeness (QED) is 0.256. The minimum absolute atomic E-state index is 0.231. The third-order valence-corrected chi connectivity index (χ3v) is 7.97. The van der Waals surface area contributed by atoms with Crippen molar-refractivity contribution in [2.75, 3.05) is 7.05 Å². The summed E-state index contributed by atoms with van der Waals surface area (Å²) in [6.45, 7) is 1.85. The minimum atomic E-state index is -0.561. The van der Waals surface area contributed by atoms with E-state index in [-0.39, 0.29) is 17.0 Å². The molecule has 1 fully saturated rings. The molecule has 206 valence electrons. The molecule has 8 heteroatoms. The molecule has 6 nitrogen and oxygen atoms in total. The van der Waals surface area contributed by atoms with E-state index in [1.807, 2.05) is 37.3 Å². The fourth-order valence-corrected chi connectivity index (χ4v) is 5.55. The lowest BCUT2D eigenvalue weighted by molar-refractivity contribution is 0.0823. The van der Waals surface area contributed by atoms with Crippen molar-refractivity contribution in [3.05, 3.63) is 119 Å². The predicted octanol–water partition coefficient (Wildman–Crippen LogP) is 6.42. The number of carbonyl (C=O) groups excluding carboxylic acids is 2. The zero-order valence-corrected chi connectivity index (χ0v) is 22.7. The Bertz CT molecular complexity index is 1790. The van der Waals surface area contributed by atoms with Gasteiger partial charge in [0.2, 0.25) is 0 Å².